The first-order chi connectivity index (χ1) is 9.29. The van der Waals surface area contributed by atoms with Crippen molar-refractivity contribution in [3.63, 3.8) is 0 Å². The van der Waals surface area contributed by atoms with Crippen molar-refractivity contribution in [1.82, 2.24) is 9.38 Å². The summed E-state index contributed by atoms with van der Waals surface area (Å²) < 4.78 is 1.77. The van der Waals surface area contributed by atoms with Crippen LogP contribution in [-0.4, -0.2) is 15.7 Å². The fourth-order valence-corrected chi connectivity index (χ4v) is 2.97. The maximum absolute atomic E-state index is 11.3. The van der Waals surface area contributed by atoms with Gasteiger partial charge >= 0.3 is 0 Å². The predicted octanol–water partition coefficient (Wildman–Crippen LogP) is 3.95. The summed E-state index contributed by atoms with van der Waals surface area (Å²) in [5.41, 5.74) is 1.29. The van der Waals surface area contributed by atoms with Gasteiger partial charge in [-0.3, -0.25) is 9.20 Å². The molecule has 0 fully saturated rings. The quantitative estimate of drug-likeness (QED) is 0.684. The third-order valence-corrected chi connectivity index (χ3v) is 4.20. The molecule has 0 aliphatic rings. The van der Waals surface area contributed by atoms with Crippen LogP contribution in [-0.2, 0) is 0 Å². The molecule has 0 aliphatic carbocycles. The number of rotatable bonds is 3. The Balaban J connectivity index is 2.10. The third-order valence-electron chi connectivity index (χ3n) is 2.69. The molecule has 0 saturated carbocycles. The molecular formula is C14H9ClN2OS. The zero-order valence-corrected chi connectivity index (χ0v) is 11.4. The molecule has 0 bridgehead atoms. The van der Waals surface area contributed by atoms with Crippen molar-refractivity contribution in [3.05, 3.63) is 59.4 Å². The Morgan fingerprint density at radius 2 is 1.95 bits per heavy atom. The largest absolute Gasteiger partial charge is 0.296 e. The lowest BCUT2D eigenvalue weighted by Crippen LogP contribution is -1.90. The minimum atomic E-state index is 0.542. The molecule has 0 radical (unpaired) electrons. The third kappa shape index (κ3) is 2.25. The summed E-state index contributed by atoms with van der Waals surface area (Å²) in [7, 11) is 0. The summed E-state index contributed by atoms with van der Waals surface area (Å²) in [5, 5.41) is 1.32. The van der Waals surface area contributed by atoms with Crippen LogP contribution in [0.5, 0.6) is 0 Å². The molecule has 5 heteroatoms. The Bertz CT molecular complexity index is 754. The first kappa shape index (κ1) is 12.3. The number of fused-ring (bicyclic) bond motifs is 1. The van der Waals surface area contributed by atoms with Gasteiger partial charge in [-0.2, -0.15) is 0 Å². The van der Waals surface area contributed by atoms with E-state index in [0.717, 1.165) is 16.8 Å². The summed E-state index contributed by atoms with van der Waals surface area (Å²) in [5.74, 6) is 0. The topological polar surface area (TPSA) is 34.4 Å². The highest BCUT2D eigenvalue weighted by Gasteiger charge is 2.13. The van der Waals surface area contributed by atoms with E-state index in [1.807, 2.05) is 48.7 Å². The fourth-order valence-electron chi connectivity index (χ4n) is 1.81. The van der Waals surface area contributed by atoms with Crippen molar-refractivity contribution in [2.75, 3.05) is 0 Å². The van der Waals surface area contributed by atoms with Crippen molar-refractivity contribution in [1.29, 1.82) is 0 Å². The van der Waals surface area contributed by atoms with Crippen LogP contribution in [0, 0.1) is 0 Å². The number of benzene rings is 1. The molecule has 0 atom stereocenters. The molecule has 19 heavy (non-hydrogen) atoms. The van der Waals surface area contributed by atoms with Crippen LogP contribution in [0.2, 0.25) is 5.02 Å². The summed E-state index contributed by atoms with van der Waals surface area (Å²) >= 11 is 7.52. The van der Waals surface area contributed by atoms with Crippen LogP contribution in [0.1, 0.15) is 10.5 Å². The molecule has 0 unspecified atom stereocenters. The van der Waals surface area contributed by atoms with Gasteiger partial charge in [-0.1, -0.05) is 41.6 Å². The number of hydrogen-bond donors (Lipinski definition) is 0. The van der Waals surface area contributed by atoms with Crippen LogP contribution in [0.25, 0.3) is 5.65 Å². The average Bonchev–Trinajstić information content (AvgIpc) is 2.78. The van der Waals surface area contributed by atoms with Crippen LogP contribution in [0.4, 0.5) is 0 Å². The molecule has 0 saturated heterocycles. The highest BCUT2D eigenvalue weighted by Crippen LogP contribution is 2.34. The number of aromatic nitrogens is 2. The van der Waals surface area contributed by atoms with Crippen LogP contribution >= 0.6 is 23.4 Å². The van der Waals surface area contributed by atoms with Crippen molar-refractivity contribution in [2.45, 2.75) is 9.92 Å². The summed E-state index contributed by atoms with van der Waals surface area (Å²) in [6, 6.07) is 13.1. The van der Waals surface area contributed by atoms with Crippen molar-refractivity contribution in [2.24, 2.45) is 0 Å². The predicted molar refractivity (Wildman–Crippen MR) is 76.2 cm³/mol. The Morgan fingerprint density at radius 1 is 1.16 bits per heavy atom. The van der Waals surface area contributed by atoms with Gasteiger partial charge < -0.3 is 0 Å². The number of imidazole rings is 1. The maximum atomic E-state index is 11.3. The zero-order chi connectivity index (χ0) is 13.2. The molecule has 2 aromatic heterocycles. The number of nitrogens with zero attached hydrogens (tertiary/aromatic N) is 2. The van der Waals surface area contributed by atoms with Gasteiger partial charge in [-0.15, -0.1) is 0 Å². The molecule has 3 rings (SSSR count). The van der Waals surface area contributed by atoms with Crippen LogP contribution in [0.15, 0.2) is 58.6 Å². The second-order valence-electron chi connectivity index (χ2n) is 3.88. The van der Waals surface area contributed by atoms with Crippen LogP contribution in [0.3, 0.4) is 0 Å². The summed E-state index contributed by atoms with van der Waals surface area (Å²) in [6.07, 6.45) is 2.64. The Hall–Kier alpha value is -1.78. The van der Waals surface area contributed by atoms with E-state index >= 15 is 0 Å². The Morgan fingerprint density at radius 3 is 2.74 bits per heavy atom. The summed E-state index contributed by atoms with van der Waals surface area (Å²) in [6.45, 7) is 0. The van der Waals surface area contributed by atoms with E-state index in [1.54, 1.807) is 4.40 Å². The van der Waals surface area contributed by atoms with E-state index in [9.17, 15) is 4.79 Å². The van der Waals surface area contributed by atoms with E-state index in [-0.39, 0.29) is 0 Å². The highest BCUT2D eigenvalue weighted by molar-refractivity contribution is 7.99. The number of carbonyl (C=O) groups is 1. The Labute approximate surface area is 119 Å². The van der Waals surface area contributed by atoms with Crippen molar-refractivity contribution in [3.8, 4) is 0 Å². The van der Waals surface area contributed by atoms with Gasteiger partial charge in [0.05, 0.1) is 5.02 Å². The standard InChI is InChI=1S/C14H9ClN2OS/c15-10-5-1-2-6-12(10)19-14-11(9-18)17-8-4-3-7-13(17)16-14/h1-9H. The number of halogens is 1. The number of aldehydes is 1. The second-order valence-corrected chi connectivity index (χ2v) is 5.32. The van der Waals surface area contributed by atoms with Gasteiger partial charge in [0.25, 0.3) is 0 Å². The van der Waals surface area contributed by atoms with E-state index in [1.165, 1.54) is 11.8 Å². The van der Waals surface area contributed by atoms with Gasteiger partial charge in [0.2, 0.25) is 0 Å². The molecule has 2 heterocycles. The fraction of sp³-hybridized carbons (Fsp3) is 0. The number of pyridine rings is 1. The van der Waals surface area contributed by atoms with Gasteiger partial charge in [0, 0.05) is 11.1 Å². The van der Waals surface area contributed by atoms with Crippen molar-refractivity contribution < 1.29 is 4.79 Å². The first-order valence-corrected chi connectivity index (χ1v) is 6.83. The number of carbonyl (C=O) groups excluding carboxylic acids is 1. The molecule has 1 aromatic carbocycles. The zero-order valence-electron chi connectivity index (χ0n) is 9.79. The minimum absolute atomic E-state index is 0.542. The lowest BCUT2D eigenvalue weighted by molar-refractivity contribution is 0.111. The van der Waals surface area contributed by atoms with E-state index in [2.05, 4.69) is 4.98 Å². The SMILES string of the molecule is O=Cc1c(Sc2ccccc2Cl)nc2ccccn12. The molecular weight excluding hydrogens is 280 g/mol. The van der Waals surface area contributed by atoms with Crippen molar-refractivity contribution >= 4 is 35.3 Å². The maximum Gasteiger partial charge on any atom is 0.169 e. The van der Waals surface area contributed by atoms with E-state index in [4.69, 9.17) is 11.6 Å². The highest BCUT2D eigenvalue weighted by atomic mass is 35.5. The molecule has 0 amide bonds. The molecule has 94 valence electrons. The first-order valence-electron chi connectivity index (χ1n) is 5.64. The van der Waals surface area contributed by atoms with Gasteiger partial charge in [-0.05, 0) is 24.3 Å². The molecule has 0 N–H and O–H groups in total. The molecule has 0 spiro atoms. The minimum Gasteiger partial charge on any atom is -0.296 e. The van der Waals surface area contributed by atoms with E-state index < -0.39 is 0 Å². The molecule has 3 aromatic rings. The molecule has 0 aliphatic heterocycles. The lowest BCUT2D eigenvalue weighted by Gasteiger charge is -2.01. The van der Waals surface area contributed by atoms with Crippen LogP contribution < -0.4 is 0 Å². The average molecular weight is 289 g/mol. The number of hydrogen-bond acceptors (Lipinski definition) is 3. The molecule has 3 nitrogen and oxygen atoms in total. The summed E-state index contributed by atoms with van der Waals surface area (Å²) in [4.78, 5) is 16.6. The van der Waals surface area contributed by atoms with E-state index in [0.29, 0.717) is 15.7 Å². The lowest BCUT2D eigenvalue weighted by atomic mass is 10.4. The second kappa shape index (κ2) is 5.07. The van der Waals surface area contributed by atoms with Gasteiger partial charge in [-0.25, -0.2) is 4.98 Å². The van der Waals surface area contributed by atoms with Gasteiger partial charge in [0.15, 0.2) is 6.29 Å². The smallest absolute Gasteiger partial charge is 0.169 e. The Kier molecular flexibility index (Phi) is 3.27. The normalized spacial score (nSPS) is 10.8. The van der Waals surface area contributed by atoms with Gasteiger partial charge in [0.1, 0.15) is 16.4 Å². The monoisotopic (exact) mass is 288 g/mol.